The SMILES string of the molecule is COc1ccc(COCc2cnc(CN=[N+]=[N-])c3c2COC(C)(C)O3)cc1. The van der Waals surface area contributed by atoms with Crippen LogP contribution in [0.25, 0.3) is 10.4 Å². The van der Waals surface area contributed by atoms with Gasteiger partial charge in [-0.05, 0) is 23.2 Å². The quantitative estimate of drug-likeness (QED) is 0.412. The van der Waals surface area contributed by atoms with Crippen molar-refractivity contribution >= 4 is 0 Å². The highest BCUT2D eigenvalue weighted by atomic mass is 16.7. The van der Waals surface area contributed by atoms with E-state index in [2.05, 4.69) is 15.0 Å². The molecule has 1 aromatic heterocycles. The predicted molar refractivity (Wildman–Crippen MR) is 98.1 cm³/mol. The summed E-state index contributed by atoms with van der Waals surface area (Å²) < 4.78 is 22.7. The van der Waals surface area contributed by atoms with Gasteiger partial charge < -0.3 is 18.9 Å². The van der Waals surface area contributed by atoms with Crippen molar-refractivity contribution in [3.8, 4) is 11.5 Å². The maximum Gasteiger partial charge on any atom is 0.205 e. The molecule has 2 aromatic rings. The maximum atomic E-state index is 8.58. The molecular weight excluding hydrogens is 348 g/mol. The number of fused-ring (bicyclic) bond motifs is 1. The summed E-state index contributed by atoms with van der Waals surface area (Å²) in [6.45, 7) is 5.01. The van der Waals surface area contributed by atoms with Crippen LogP contribution in [0, 0.1) is 0 Å². The Labute approximate surface area is 157 Å². The summed E-state index contributed by atoms with van der Waals surface area (Å²) >= 11 is 0. The highest BCUT2D eigenvalue weighted by molar-refractivity contribution is 5.43. The standard InChI is InChI=1S/C19H22N4O4/c1-19(2)26-12-16-14(8-21-17(9-22-23-20)18(16)27-19)11-25-10-13-4-6-15(24-3)7-5-13/h4-8H,9-12H2,1-3H3. The van der Waals surface area contributed by atoms with Gasteiger partial charge >= 0.3 is 0 Å². The minimum Gasteiger partial charge on any atom is -0.497 e. The van der Waals surface area contributed by atoms with Gasteiger partial charge in [-0.25, -0.2) is 0 Å². The summed E-state index contributed by atoms with van der Waals surface area (Å²) in [4.78, 5) is 7.20. The smallest absolute Gasteiger partial charge is 0.205 e. The van der Waals surface area contributed by atoms with Crippen LogP contribution in [-0.2, 0) is 35.8 Å². The molecular formula is C19H22N4O4. The van der Waals surface area contributed by atoms with Crippen molar-refractivity contribution in [2.24, 2.45) is 5.11 Å². The van der Waals surface area contributed by atoms with Crippen molar-refractivity contribution in [3.63, 3.8) is 0 Å². The van der Waals surface area contributed by atoms with E-state index in [1.54, 1.807) is 13.3 Å². The number of hydrogen-bond acceptors (Lipinski definition) is 6. The lowest BCUT2D eigenvalue weighted by molar-refractivity contribution is -0.181. The third-order valence-corrected chi connectivity index (χ3v) is 4.18. The van der Waals surface area contributed by atoms with Crippen molar-refractivity contribution < 1.29 is 18.9 Å². The molecule has 0 fully saturated rings. The number of ether oxygens (including phenoxy) is 4. The van der Waals surface area contributed by atoms with Gasteiger partial charge in [0.2, 0.25) is 5.79 Å². The molecule has 8 heteroatoms. The number of rotatable bonds is 7. The van der Waals surface area contributed by atoms with E-state index in [1.807, 2.05) is 38.1 Å². The zero-order chi connectivity index (χ0) is 19.3. The Morgan fingerprint density at radius 3 is 2.74 bits per heavy atom. The molecule has 0 bridgehead atoms. The first kappa shape index (κ1) is 19.0. The third kappa shape index (κ3) is 4.68. The summed E-state index contributed by atoms with van der Waals surface area (Å²) in [5, 5.41) is 3.60. The normalized spacial score (nSPS) is 14.6. The van der Waals surface area contributed by atoms with Gasteiger partial charge in [0, 0.05) is 36.1 Å². The van der Waals surface area contributed by atoms with Gasteiger partial charge in [-0.3, -0.25) is 4.98 Å². The van der Waals surface area contributed by atoms with E-state index in [4.69, 9.17) is 24.5 Å². The molecule has 0 radical (unpaired) electrons. The van der Waals surface area contributed by atoms with Crippen molar-refractivity contribution in [2.45, 2.75) is 46.0 Å². The van der Waals surface area contributed by atoms with Crippen molar-refractivity contribution in [1.82, 2.24) is 4.98 Å². The van der Waals surface area contributed by atoms with E-state index in [1.165, 1.54) is 0 Å². The van der Waals surface area contributed by atoms with Gasteiger partial charge in [-0.2, -0.15) is 0 Å². The second-order valence-corrected chi connectivity index (χ2v) is 6.56. The Hall–Kier alpha value is -2.80. The second-order valence-electron chi connectivity index (χ2n) is 6.56. The Morgan fingerprint density at radius 1 is 1.26 bits per heavy atom. The zero-order valence-electron chi connectivity index (χ0n) is 15.6. The van der Waals surface area contributed by atoms with E-state index in [9.17, 15) is 0 Å². The summed E-state index contributed by atoms with van der Waals surface area (Å²) in [5.74, 6) is 0.663. The first-order chi connectivity index (χ1) is 13.0. The van der Waals surface area contributed by atoms with Gasteiger partial charge in [0.15, 0.2) is 5.75 Å². The lowest BCUT2D eigenvalue weighted by Gasteiger charge is -2.34. The highest BCUT2D eigenvalue weighted by Crippen LogP contribution is 2.36. The topological polar surface area (TPSA) is 98.6 Å². The fourth-order valence-electron chi connectivity index (χ4n) is 2.75. The van der Waals surface area contributed by atoms with Gasteiger partial charge in [0.05, 0.1) is 39.2 Å². The Balaban J connectivity index is 1.74. The summed E-state index contributed by atoms with van der Waals surface area (Å²) in [6, 6.07) is 7.72. The molecule has 2 heterocycles. The van der Waals surface area contributed by atoms with Crippen molar-refractivity contribution in [2.75, 3.05) is 7.11 Å². The number of aromatic nitrogens is 1. The Kier molecular flexibility index (Phi) is 5.81. The molecule has 0 N–H and O–H groups in total. The molecule has 0 aliphatic carbocycles. The molecule has 0 saturated heterocycles. The molecule has 8 nitrogen and oxygen atoms in total. The maximum absolute atomic E-state index is 8.58. The van der Waals surface area contributed by atoms with Crippen LogP contribution in [0.3, 0.4) is 0 Å². The van der Waals surface area contributed by atoms with E-state index in [-0.39, 0.29) is 6.54 Å². The van der Waals surface area contributed by atoms with Gasteiger partial charge in [0.1, 0.15) is 5.75 Å². The fraction of sp³-hybridized carbons (Fsp3) is 0.421. The van der Waals surface area contributed by atoms with E-state index in [0.717, 1.165) is 22.4 Å². The van der Waals surface area contributed by atoms with Crippen LogP contribution >= 0.6 is 0 Å². The fourth-order valence-corrected chi connectivity index (χ4v) is 2.75. The molecule has 1 aromatic carbocycles. The number of azide groups is 1. The van der Waals surface area contributed by atoms with Crippen LogP contribution in [0.1, 0.15) is 36.2 Å². The number of hydrogen-bond donors (Lipinski definition) is 0. The molecule has 142 valence electrons. The largest absolute Gasteiger partial charge is 0.497 e. The van der Waals surface area contributed by atoms with Crippen molar-refractivity contribution in [3.05, 3.63) is 63.3 Å². The predicted octanol–water partition coefficient (Wildman–Crippen LogP) is 4.26. The average molecular weight is 370 g/mol. The summed E-state index contributed by atoms with van der Waals surface area (Å²) in [7, 11) is 1.64. The Bertz CT molecular complexity index is 846. The minimum absolute atomic E-state index is 0.127. The summed E-state index contributed by atoms with van der Waals surface area (Å²) in [6.07, 6.45) is 1.72. The zero-order valence-corrected chi connectivity index (χ0v) is 15.6. The van der Waals surface area contributed by atoms with Crippen LogP contribution < -0.4 is 9.47 Å². The van der Waals surface area contributed by atoms with Gasteiger partial charge in [0.25, 0.3) is 0 Å². The minimum atomic E-state index is -0.762. The van der Waals surface area contributed by atoms with Crippen LogP contribution in [0.5, 0.6) is 11.5 Å². The molecule has 1 aliphatic heterocycles. The van der Waals surface area contributed by atoms with Gasteiger partial charge in [-0.1, -0.05) is 17.2 Å². The lowest BCUT2D eigenvalue weighted by atomic mass is 10.1. The first-order valence-electron chi connectivity index (χ1n) is 8.56. The second kappa shape index (κ2) is 8.26. The number of pyridine rings is 1. The van der Waals surface area contributed by atoms with Crippen LogP contribution in [0.4, 0.5) is 0 Å². The molecule has 0 saturated carbocycles. The van der Waals surface area contributed by atoms with Crippen LogP contribution in [-0.4, -0.2) is 17.9 Å². The molecule has 0 amide bonds. The number of nitrogens with zero attached hydrogens (tertiary/aromatic N) is 4. The third-order valence-electron chi connectivity index (χ3n) is 4.18. The Morgan fingerprint density at radius 2 is 2.04 bits per heavy atom. The lowest BCUT2D eigenvalue weighted by Crippen LogP contribution is -2.36. The van der Waals surface area contributed by atoms with E-state index in [0.29, 0.717) is 31.3 Å². The molecule has 3 rings (SSSR count). The molecule has 0 unspecified atom stereocenters. The summed E-state index contributed by atoms with van der Waals surface area (Å²) in [5.41, 5.74) is 12.0. The number of methoxy groups -OCH3 is 1. The van der Waals surface area contributed by atoms with Crippen molar-refractivity contribution in [1.29, 1.82) is 0 Å². The van der Waals surface area contributed by atoms with E-state index >= 15 is 0 Å². The monoisotopic (exact) mass is 370 g/mol. The highest BCUT2D eigenvalue weighted by Gasteiger charge is 2.31. The number of benzene rings is 1. The average Bonchev–Trinajstić information content (AvgIpc) is 2.67. The van der Waals surface area contributed by atoms with Gasteiger partial charge in [-0.15, -0.1) is 0 Å². The first-order valence-corrected chi connectivity index (χ1v) is 8.56. The van der Waals surface area contributed by atoms with Crippen LogP contribution in [0.2, 0.25) is 0 Å². The molecule has 27 heavy (non-hydrogen) atoms. The van der Waals surface area contributed by atoms with E-state index < -0.39 is 5.79 Å². The molecule has 0 atom stereocenters. The van der Waals surface area contributed by atoms with Crippen LogP contribution in [0.15, 0.2) is 35.6 Å². The molecule has 0 spiro atoms. The molecule has 1 aliphatic rings.